The molecular weight excluding hydrogens is 413 g/mol. The SMILES string of the molecule is COC(=O)Cn1nc(C(F)(F)F)cc1-c1ccc(-c2cccc(S(C)(=O)=O)c2)o1. The maximum absolute atomic E-state index is 13.1. The van der Waals surface area contributed by atoms with Crippen molar-refractivity contribution in [1.82, 2.24) is 9.78 Å². The van der Waals surface area contributed by atoms with E-state index in [0.29, 0.717) is 5.56 Å². The zero-order chi connectivity index (χ0) is 21.4. The number of carbonyl (C=O) groups is 1. The number of alkyl halides is 3. The van der Waals surface area contributed by atoms with Crippen LogP contribution in [-0.4, -0.2) is 37.5 Å². The summed E-state index contributed by atoms with van der Waals surface area (Å²) >= 11 is 0. The Morgan fingerprint density at radius 2 is 1.86 bits per heavy atom. The Balaban J connectivity index is 2.04. The zero-order valence-corrected chi connectivity index (χ0v) is 16.0. The second-order valence-electron chi connectivity index (χ2n) is 6.11. The lowest BCUT2D eigenvalue weighted by Gasteiger charge is -2.04. The highest BCUT2D eigenvalue weighted by Gasteiger charge is 2.35. The van der Waals surface area contributed by atoms with Crippen LogP contribution < -0.4 is 0 Å². The van der Waals surface area contributed by atoms with Gasteiger partial charge >= 0.3 is 12.1 Å². The molecule has 154 valence electrons. The summed E-state index contributed by atoms with van der Waals surface area (Å²) in [5, 5.41) is 3.43. The molecule has 0 aliphatic heterocycles. The van der Waals surface area contributed by atoms with E-state index < -0.39 is 34.2 Å². The van der Waals surface area contributed by atoms with Crippen LogP contribution in [0.5, 0.6) is 0 Å². The molecule has 0 saturated carbocycles. The summed E-state index contributed by atoms with van der Waals surface area (Å²) in [6.45, 7) is -0.540. The molecule has 0 bridgehead atoms. The number of furan rings is 1. The Labute approximate surface area is 163 Å². The van der Waals surface area contributed by atoms with Crippen LogP contribution in [0.15, 0.2) is 51.8 Å². The van der Waals surface area contributed by atoms with E-state index in [4.69, 9.17) is 4.42 Å². The van der Waals surface area contributed by atoms with E-state index in [1.807, 2.05) is 0 Å². The van der Waals surface area contributed by atoms with Gasteiger partial charge in [-0.1, -0.05) is 12.1 Å². The molecule has 0 radical (unpaired) electrons. The maximum Gasteiger partial charge on any atom is 0.435 e. The van der Waals surface area contributed by atoms with Crippen LogP contribution in [0.3, 0.4) is 0 Å². The molecule has 2 aromatic heterocycles. The lowest BCUT2D eigenvalue weighted by Crippen LogP contribution is -2.15. The van der Waals surface area contributed by atoms with Gasteiger partial charge in [-0.2, -0.15) is 18.3 Å². The Morgan fingerprint density at radius 1 is 1.17 bits per heavy atom. The molecule has 0 spiro atoms. The lowest BCUT2D eigenvalue weighted by molar-refractivity contribution is -0.144. The normalized spacial score (nSPS) is 12.2. The number of esters is 1. The van der Waals surface area contributed by atoms with Crippen molar-refractivity contribution in [2.45, 2.75) is 17.6 Å². The second-order valence-corrected chi connectivity index (χ2v) is 8.13. The molecule has 11 heteroatoms. The summed E-state index contributed by atoms with van der Waals surface area (Å²) in [5.41, 5.74) is -0.837. The highest BCUT2D eigenvalue weighted by Crippen LogP contribution is 2.34. The largest absolute Gasteiger partial charge is 0.468 e. The number of hydrogen-bond acceptors (Lipinski definition) is 6. The van der Waals surface area contributed by atoms with Gasteiger partial charge in [-0.25, -0.2) is 13.1 Å². The summed E-state index contributed by atoms with van der Waals surface area (Å²) in [7, 11) is -2.34. The molecule has 1 aromatic carbocycles. The highest BCUT2D eigenvalue weighted by atomic mass is 32.2. The van der Waals surface area contributed by atoms with Crippen molar-refractivity contribution >= 4 is 15.8 Å². The molecule has 0 fully saturated rings. The van der Waals surface area contributed by atoms with Crippen LogP contribution in [0.25, 0.3) is 22.8 Å². The molecule has 0 atom stereocenters. The smallest absolute Gasteiger partial charge is 0.435 e. The van der Waals surface area contributed by atoms with Gasteiger partial charge in [0.25, 0.3) is 0 Å². The van der Waals surface area contributed by atoms with E-state index in [2.05, 4.69) is 9.84 Å². The van der Waals surface area contributed by atoms with Crippen molar-refractivity contribution < 1.29 is 35.5 Å². The number of sulfone groups is 1. The van der Waals surface area contributed by atoms with Crippen LogP contribution >= 0.6 is 0 Å². The fraction of sp³-hybridized carbons (Fsp3) is 0.222. The van der Waals surface area contributed by atoms with Crippen LogP contribution in [0.2, 0.25) is 0 Å². The molecule has 3 aromatic rings. The summed E-state index contributed by atoms with van der Waals surface area (Å²) in [6.07, 6.45) is -3.65. The van der Waals surface area contributed by atoms with Crippen LogP contribution in [0.4, 0.5) is 13.2 Å². The number of ether oxygens (including phenoxy) is 1. The highest BCUT2D eigenvalue weighted by molar-refractivity contribution is 7.90. The van der Waals surface area contributed by atoms with Gasteiger partial charge in [0, 0.05) is 11.8 Å². The summed E-state index contributed by atoms with van der Waals surface area (Å²) in [5.74, 6) is -0.516. The first kappa shape index (κ1) is 20.6. The Morgan fingerprint density at radius 3 is 2.48 bits per heavy atom. The molecule has 29 heavy (non-hydrogen) atoms. The fourth-order valence-electron chi connectivity index (χ4n) is 2.57. The molecule has 0 aliphatic carbocycles. The van der Waals surface area contributed by atoms with Gasteiger partial charge in [-0.3, -0.25) is 4.79 Å². The number of aromatic nitrogens is 2. The van der Waals surface area contributed by atoms with Crippen molar-refractivity contribution in [1.29, 1.82) is 0 Å². The first-order chi connectivity index (χ1) is 13.5. The molecule has 0 unspecified atom stereocenters. The van der Waals surface area contributed by atoms with Crippen molar-refractivity contribution in [2.24, 2.45) is 0 Å². The minimum Gasteiger partial charge on any atom is -0.468 e. The number of methoxy groups -OCH3 is 1. The van der Waals surface area contributed by atoms with Crippen molar-refractivity contribution in [2.75, 3.05) is 13.4 Å². The van der Waals surface area contributed by atoms with Crippen molar-refractivity contribution in [3.63, 3.8) is 0 Å². The molecule has 0 aliphatic rings. The van der Waals surface area contributed by atoms with Gasteiger partial charge in [-0.05, 0) is 30.3 Å². The molecule has 0 amide bonds. The zero-order valence-electron chi connectivity index (χ0n) is 15.2. The minimum absolute atomic E-state index is 0.0247. The number of nitrogens with zero attached hydrogens (tertiary/aromatic N) is 2. The summed E-state index contributed by atoms with van der Waals surface area (Å²) in [6, 6.07) is 9.60. The number of halogens is 3. The maximum atomic E-state index is 13.1. The Kier molecular flexibility index (Phi) is 5.26. The average molecular weight is 428 g/mol. The molecule has 2 heterocycles. The van der Waals surface area contributed by atoms with E-state index in [9.17, 15) is 26.4 Å². The molecule has 3 rings (SSSR count). The topological polar surface area (TPSA) is 91.4 Å². The quantitative estimate of drug-likeness (QED) is 0.579. The first-order valence-corrected chi connectivity index (χ1v) is 10.0. The minimum atomic E-state index is -4.71. The third-order valence-corrected chi connectivity index (χ3v) is 5.09. The van der Waals surface area contributed by atoms with E-state index in [1.54, 1.807) is 6.07 Å². The van der Waals surface area contributed by atoms with E-state index in [0.717, 1.165) is 24.1 Å². The second kappa shape index (κ2) is 7.39. The van der Waals surface area contributed by atoms with Gasteiger partial charge in [0.15, 0.2) is 21.3 Å². The third-order valence-electron chi connectivity index (χ3n) is 3.98. The van der Waals surface area contributed by atoms with E-state index in [1.165, 1.54) is 30.3 Å². The van der Waals surface area contributed by atoms with E-state index >= 15 is 0 Å². The van der Waals surface area contributed by atoms with E-state index in [-0.39, 0.29) is 22.1 Å². The predicted molar refractivity (Wildman–Crippen MR) is 95.5 cm³/mol. The summed E-state index contributed by atoms with van der Waals surface area (Å²) in [4.78, 5) is 11.6. The molecule has 7 nitrogen and oxygen atoms in total. The van der Waals surface area contributed by atoms with Crippen LogP contribution in [0.1, 0.15) is 5.69 Å². The molecular formula is C18H15F3N2O5S. The van der Waals surface area contributed by atoms with Crippen molar-refractivity contribution in [3.8, 4) is 22.8 Å². The van der Waals surface area contributed by atoms with Gasteiger partial charge in [0.05, 0.1) is 12.0 Å². The average Bonchev–Trinajstić information content (AvgIpc) is 3.27. The van der Waals surface area contributed by atoms with Crippen LogP contribution in [0, 0.1) is 0 Å². The van der Waals surface area contributed by atoms with Gasteiger partial charge in [0.2, 0.25) is 0 Å². The number of benzene rings is 1. The Hall–Kier alpha value is -3.08. The monoisotopic (exact) mass is 428 g/mol. The predicted octanol–water partition coefficient (Wildman–Crippen LogP) is 3.41. The third kappa shape index (κ3) is 4.50. The standard InChI is InChI=1S/C18H15F3N2O5S/c1-27-17(24)10-23-13(9-16(22-23)18(19,20)21)15-7-6-14(28-15)11-4-3-5-12(8-11)29(2,25)26/h3-9H,10H2,1-2H3. The molecule has 0 N–H and O–H groups in total. The Bertz CT molecular complexity index is 1160. The lowest BCUT2D eigenvalue weighted by atomic mass is 10.2. The van der Waals surface area contributed by atoms with Crippen molar-refractivity contribution in [3.05, 3.63) is 48.2 Å². The van der Waals surface area contributed by atoms with Gasteiger partial charge in [0.1, 0.15) is 18.0 Å². The van der Waals surface area contributed by atoms with Gasteiger partial charge in [-0.15, -0.1) is 0 Å². The molecule has 0 saturated heterocycles. The fourth-order valence-corrected chi connectivity index (χ4v) is 3.24. The summed E-state index contributed by atoms with van der Waals surface area (Å²) < 4.78 is 73.6. The van der Waals surface area contributed by atoms with Crippen LogP contribution in [-0.2, 0) is 32.1 Å². The number of carbonyl (C=O) groups excluding carboxylic acids is 1. The number of rotatable bonds is 5. The van der Waals surface area contributed by atoms with Gasteiger partial charge < -0.3 is 9.15 Å². The number of hydrogen-bond donors (Lipinski definition) is 0. The first-order valence-electron chi connectivity index (χ1n) is 8.11.